The van der Waals surface area contributed by atoms with Gasteiger partial charge in [-0.3, -0.25) is 4.79 Å². The summed E-state index contributed by atoms with van der Waals surface area (Å²) in [6.45, 7) is 8.17. The van der Waals surface area contributed by atoms with Crippen LogP contribution in [-0.2, 0) is 9.53 Å². The molecule has 3 rings (SSSR count). The second-order valence-electron chi connectivity index (χ2n) is 5.84. The van der Waals surface area contributed by atoms with Gasteiger partial charge in [0.25, 0.3) is 0 Å². The van der Waals surface area contributed by atoms with Gasteiger partial charge in [0, 0.05) is 5.41 Å². The zero-order chi connectivity index (χ0) is 10.8. The monoisotopic (exact) mass is 220 g/mol. The molecule has 0 aromatic heterocycles. The van der Waals surface area contributed by atoms with Crippen molar-refractivity contribution in [1.29, 1.82) is 0 Å². The van der Waals surface area contributed by atoms with Crippen LogP contribution in [0.2, 0.25) is 19.6 Å². The Hall–Kier alpha value is -0.673. The average Bonchev–Trinajstić information content (AvgIpc) is 2.50. The van der Waals surface area contributed by atoms with Gasteiger partial charge in [-0.1, -0.05) is 31.8 Å². The number of Topliss-reactive ketones (excluding diaryl/α,β-unsaturated/α-hetero) is 1. The maximum atomic E-state index is 12.3. The van der Waals surface area contributed by atoms with Crippen molar-refractivity contribution in [1.82, 2.24) is 0 Å². The van der Waals surface area contributed by atoms with Crippen molar-refractivity contribution in [3.63, 3.8) is 0 Å². The van der Waals surface area contributed by atoms with Crippen LogP contribution in [0.1, 0.15) is 0 Å². The lowest BCUT2D eigenvalue weighted by molar-refractivity contribution is -0.119. The van der Waals surface area contributed by atoms with Crippen molar-refractivity contribution in [2.45, 2.75) is 19.6 Å². The van der Waals surface area contributed by atoms with Crippen molar-refractivity contribution >= 4 is 13.9 Å². The molecule has 0 bridgehead atoms. The molecule has 0 aromatic rings. The van der Waals surface area contributed by atoms with Gasteiger partial charge in [0.2, 0.25) is 0 Å². The minimum absolute atomic E-state index is 0.00664. The van der Waals surface area contributed by atoms with Crippen LogP contribution >= 0.6 is 0 Å². The summed E-state index contributed by atoms with van der Waals surface area (Å²) in [4.78, 5) is 12.3. The van der Waals surface area contributed by atoms with Crippen LogP contribution in [0.4, 0.5) is 0 Å². The second kappa shape index (κ2) is 2.52. The van der Waals surface area contributed by atoms with Crippen LogP contribution in [-0.4, -0.2) is 27.1 Å². The minimum Gasteiger partial charge on any atom is -0.376 e. The van der Waals surface area contributed by atoms with Gasteiger partial charge in [0.05, 0.1) is 27.2 Å². The highest BCUT2D eigenvalue weighted by molar-refractivity contribution is 6.87. The summed E-state index contributed by atoms with van der Waals surface area (Å²) in [6, 6.07) is 0. The molecule has 1 heterocycles. The van der Waals surface area contributed by atoms with E-state index in [1.54, 1.807) is 0 Å². The molecule has 0 aromatic carbocycles. The summed E-state index contributed by atoms with van der Waals surface area (Å²) in [5, 5.41) is 1.16. The van der Waals surface area contributed by atoms with Crippen molar-refractivity contribution in [2.75, 3.05) is 13.2 Å². The van der Waals surface area contributed by atoms with E-state index >= 15 is 0 Å². The van der Waals surface area contributed by atoms with Gasteiger partial charge in [-0.2, -0.15) is 0 Å². The molecule has 2 aliphatic carbocycles. The first-order chi connectivity index (χ1) is 6.97. The smallest absolute Gasteiger partial charge is 0.163 e. The molecule has 1 spiro atoms. The van der Waals surface area contributed by atoms with E-state index in [1.165, 1.54) is 5.57 Å². The van der Waals surface area contributed by atoms with E-state index in [-0.39, 0.29) is 11.3 Å². The molecule has 80 valence electrons. The molecule has 2 nitrogen and oxygen atoms in total. The molecule has 15 heavy (non-hydrogen) atoms. The second-order valence-corrected chi connectivity index (χ2v) is 10.8. The third-order valence-electron chi connectivity index (χ3n) is 3.87. The molecule has 0 amide bonds. The summed E-state index contributed by atoms with van der Waals surface area (Å²) >= 11 is 0. The normalized spacial score (nSPS) is 38.1. The summed E-state index contributed by atoms with van der Waals surface area (Å²) in [6.07, 6.45) is 4.25. The van der Waals surface area contributed by atoms with Crippen LogP contribution in [0.15, 0.2) is 22.9 Å². The predicted octanol–water partition coefficient (Wildman–Crippen LogP) is 1.95. The van der Waals surface area contributed by atoms with Crippen LogP contribution in [0.5, 0.6) is 0 Å². The highest BCUT2D eigenvalue weighted by Crippen LogP contribution is 2.57. The van der Waals surface area contributed by atoms with Crippen LogP contribution in [0, 0.1) is 11.3 Å². The van der Waals surface area contributed by atoms with Gasteiger partial charge in [-0.15, -0.1) is 0 Å². The Labute approximate surface area is 91.0 Å². The number of carbonyl (C=O) groups excluding carboxylic acids is 1. The first kappa shape index (κ1) is 9.55. The molecular weight excluding hydrogens is 204 g/mol. The first-order valence-electron chi connectivity index (χ1n) is 5.52. The van der Waals surface area contributed by atoms with Crippen molar-refractivity contribution < 1.29 is 9.53 Å². The lowest BCUT2D eigenvalue weighted by atomic mass is 9.67. The predicted molar refractivity (Wildman–Crippen MR) is 61.3 cm³/mol. The Balaban J connectivity index is 2.19. The third kappa shape index (κ3) is 0.954. The van der Waals surface area contributed by atoms with Gasteiger partial charge in [-0.25, -0.2) is 0 Å². The van der Waals surface area contributed by atoms with Gasteiger partial charge in [-0.05, 0) is 10.8 Å². The van der Waals surface area contributed by atoms with E-state index in [9.17, 15) is 4.79 Å². The molecule has 1 aliphatic heterocycles. The van der Waals surface area contributed by atoms with Gasteiger partial charge in [0.1, 0.15) is 0 Å². The van der Waals surface area contributed by atoms with Gasteiger partial charge < -0.3 is 4.74 Å². The van der Waals surface area contributed by atoms with Crippen LogP contribution < -0.4 is 0 Å². The molecule has 0 saturated carbocycles. The lowest BCUT2D eigenvalue weighted by Crippen LogP contribution is -2.36. The van der Waals surface area contributed by atoms with Crippen molar-refractivity contribution in [2.24, 2.45) is 11.3 Å². The quantitative estimate of drug-likeness (QED) is 0.499. The number of rotatable bonds is 1. The van der Waals surface area contributed by atoms with E-state index in [0.29, 0.717) is 12.4 Å². The molecule has 0 N–H and O–H groups in total. The summed E-state index contributed by atoms with van der Waals surface area (Å²) in [5.74, 6) is 0.520. The summed E-state index contributed by atoms with van der Waals surface area (Å²) in [7, 11) is -1.51. The van der Waals surface area contributed by atoms with Crippen molar-refractivity contribution in [3.05, 3.63) is 22.9 Å². The Morgan fingerprint density at radius 2 is 2.20 bits per heavy atom. The zero-order valence-corrected chi connectivity index (χ0v) is 10.5. The molecule has 2 unspecified atom stereocenters. The molecule has 1 saturated heterocycles. The largest absolute Gasteiger partial charge is 0.376 e. The Morgan fingerprint density at radius 1 is 1.47 bits per heavy atom. The summed E-state index contributed by atoms with van der Waals surface area (Å²) in [5.41, 5.74) is 1.33. The van der Waals surface area contributed by atoms with Crippen LogP contribution in [0.3, 0.4) is 0 Å². The maximum absolute atomic E-state index is 12.3. The molecule has 3 heteroatoms. The maximum Gasteiger partial charge on any atom is 0.163 e. The molecule has 3 aliphatic rings. The van der Waals surface area contributed by atoms with E-state index in [1.807, 2.05) is 0 Å². The molecule has 1 fully saturated rings. The number of hydrogen-bond donors (Lipinski definition) is 0. The molecular formula is C12H16O2Si. The van der Waals surface area contributed by atoms with Gasteiger partial charge >= 0.3 is 0 Å². The first-order valence-corrected chi connectivity index (χ1v) is 9.02. The average molecular weight is 220 g/mol. The Bertz CT molecular complexity index is 414. The number of carbonyl (C=O) groups is 1. The standard InChI is InChI=1S/C12H16O2Si/c1-15(2,3)11-9-6-14-7-12(9)5-4-8(12)10(11)13/h4-5,8H,6-7H2,1-3H3. The fraction of sp³-hybridized carbons (Fsp3) is 0.583. The van der Waals surface area contributed by atoms with E-state index < -0.39 is 8.07 Å². The fourth-order valence-electron chi connectivity index (χ4n) is 3.15. The number of hydrogen-bond acceptors (Lipinski definition) is 2. The van der Waals surface area contributed by atoms with Crippen LogP contribution in [0.25, 0.3) is 0 Å². The topological polar surface area (TPSA) is 26.3 Å². The fourth-order valence-corrected chi connectivity index (χ4v) is 5.25. The Morgan fingerprint density at radius 3 is 2.73 bits per heavy atom. The minimum atomic E-state index is -1.51. The highest BCUT2D eigenvalue weighted by Gasteiger charge is 2.59. The highest BCUT2D eigenvalue weighted by atomic mass is 28.3. The van der Waals surface area contributed by atoms with Crippen molar-refractivity contribution in [3.8, 4) is 0 Å². The zero-order valence-electron chi connectivity index (χ0n) is 9.46. The SMILES string of the molecule is C[Si](C)(C)C1=C2COCC23C=CC3C1=O. The van der Waals surface area contributed by atoms with Gasteiger partial charge in [0.15, 0.2) is 5.78 Å². The number of ketones is 1. The molecule has 2 atom stereocenters. The van der Waals surface area contributed by atoms with E-state index in [2.05, 4.69) is 31.8 Å². The summed E-state index contributed by atoms with van der Waals surface area (Å²) < 4.78 is 5.57. The number of allylic oxidation sites excluding steroid dienone is 2. The molecule has 0 radical (unpaired) electrons. The third-order valence-corrected chi connectivity index (χ3v) is 5.92. The Kier molecular flexibility index (Phi) is 1.61. The number of ether oxygens (including phenoxy) is 1. The van der Waals surface area contributed by atoms with E-state index in [4.69, 9.17) is 4.74 Å². The van der Waals surface area contributed by atoms with E-state index in [0.717, 1.165) is 11.8 Å². The lowest BCUT2D eigenvalue weighted by Gasteiger charge is -2.34.